The van der Waals surface area contributed by atoms with Crippen molar-refractivity contribution in [3.63, 3.8) is 0 Å². The van der Waals surface area contributed by atoms with Crippen LogP contribution in [-0.2, 0) is 6.42 Å². The van der Waals surface area contributed by atoms with Crippen LogP contribution in [0.3, 0.4) is 0 Å². The Hall–Kier alpha value is -1.07. The van der Waals surface area contributed by atoms with Crippen LogP contribution in [0.4, 0.5) is 13.2 Å². The van der Waals surface area contributed by atoms with E-state index < -0.39 is 12.1 Å². The van der Waals surface area contributed by atoms with Crippen molar-refractivity contribution in [2.75, 3.05) is 26.2 Å². The maximum Gasteiger partial charge on any atom is 0.393 e. The van der Waals surface area contributed by atoms with Crippen molar-refractivity contribution in [3.8, 4) is 0 Å². The van der Waals surface area contributed by atoms with E-state index in [9.17, 15) is 13.2 Å². The summed E-state index contributed by atoms with van der Waals surface area (Å²) in [4.78, 5) is 1.97. The summed E-state index contributed by atoms with van der Waals surface area (Å²) < 4.78 is 38.7. The molecule has 3 rings (SSSR count). The molecule has 21 heavy (non-hydrogen) atoms. The van der Waals surface area contributed by atoms with E-state index in [0.29, 0.717) is 13.0 Å². The van der Waals surface area contributed by atoms with Crippen molar-refractivity contribution in [1.82, 2.24) is 10.2 Å². The lowest BCUT2D eigenvalue weighted by Crippen LogP contribution is -2.46. The van der Waals surface area contributed by atoms with Crippen LogP contribution < -0.4 is 5.32 Å². The SMILES string of the molecule is FC(F)(F)C1CCCN(CC2NCCc3ccccc32)C1. The lowest BCUT2D eigenvalue weighted by atomic mass is 9.92. The summed E-state index contributed by atoms with van der Waals surface area (Å²) >= 11 is 0. The number of halogens is 3. The van der Waals surface area contributed by atoms with Gasteiger partial charge in [0.2, 0.25) is 0 Å². The van der Waals surface area contributed by atoms with Gasteiger partial charge in [-0.05, 0) is 43.5 Å². The number of alkyl halides is 3. The van der Waals surface area contributed by atoms with Gasteiger partial charge >= 0.3 is 6.18 Å². The molecule has 0 aliphatic carbocycles. The number of rotatable bonds is 2. The predicted octanol–water partition coefficient (Wildman–Crippen LogP) is 3.15. The first-order valence-electron chi connectivity index (χ1n) is 7.64. The molecule has 2 aliphatic heterocycles. The molecular weight excluding hydrogens is 277 g/mol. The topological polar surface area (TPSA) is 15.3 Å². The zero-order chi connectivity index (χ0) is 14.9. The molecule has 0 aromatic heterocycles. The largest absolute Gasteiger partial charge is 0.393 e. The van der Waals surface area contributed by atoms with Crippen molar-refractivity contribution in [2.45, 2.75) is 31.5 Å². The summed E-state index contributed by atoms with van der Waals surface area (Å²) in [6.07, 6.45) is -2.15. The molecule has 0 radical (unpaired) electrons. The van der Waals surface area contributed by atoms with E-state index in [1.54, 1.807) is 0 Å². The highest BCUT2D eigenvalue weighted by Gasteiger charge is 2.42. The summed E-state index contributed by atoms with van der Waals surface area (Å²) in [7, 11) is 0. The molecule has 1 aromatic carbocycles. The molecule has 0 saturated carbocycles. The van der Waals surface area contributed by atoms with Crippen molar-refractivity contribution in [1.29, 1.82) is 0 Å². The van der Waals surface area contributed by atoms with Gasteiger partial charge in [0, 0.05) is 19.1 Å². The monoisotopic (exact) mass is 298 g/mol. The van der Waals surface area contributed by atoms with Crippen LogP contribution in [0.5, 0.6) is 0 Å². The van der Waals surface area contributed by atoms with Gasteiger partial charge in [-0.3, -0.25) is 0 Å². The van der Waals surface area contributed by atoms with Crippen molar-refractivity contribution in [2.24, 2.45) is 5.92 Å². The second kappa shape index (κ2) is 5.97. The Labute approximate surface area is 123 Å². The Bertz CT molecular complexity index is 487. The number of benzene rings is 1. The average molecular weight is 298 g/mol. The molecule has 1 aromatic rings. The number of fused-ring (bicyclic) bond motifs is 1. The van der Waals surface area contributed by atoms with E-state index in [1.165, 1.54) is 11.1 Å². The third-order valence-corrected chi connectivity index (χ3v) is 4.62. The second-order valence-electron chi connectivity index (χ2n) is 6.10. The van der Waals surface area contributed by atoms with Crippen LogP contribution in [0.2, 0.25) is 0 Å². The molecule has 1 N–H and O–H groups in total. The first-order chi connectivity index (χ1) is 10.0. The fraction of sp³-hybridized carbons (Fsp3) is 0.625. The summed E-state index contributed by atoms with van der Waals surface area (Å²) in [5.74, 6) is -1.16. The lowest BCUT2D eigenvalue weighted by molar-refractivity contribution is -0.186. The Balaban J connectivity index is 1.67. The second-order valence-corrected chi connectivity index (χ2v) is 6.10. The number of nitrogens with one attached hydrogen (secondary N) is 1. The zero-order valence-corrected chi connectivity index (χ0v) is 12.0. The summed E-state index contributed by atoms with van der Waals surface area (Å²) in [6.45, 7) is 2.48. The third-order valence-electron chi connectivity index (χ3n) is 4.62. The standard InChI is InChI=1S/C16H21F3N2/c17-16(18,19)13-5-3-9-21(10-13)11-15-14-6-2-1-4-12(14)7-8-20-15/h1-2,4,6,13,15,20H,3,5,7-11H2. The van der Waals surface area contributed by atoms with Gasteiger partial charge in [-0.15, -0.1) is 0 Å². The molecule has 1 saturated heterocycles. The Morgan fingerprint density at radius 2 is 2.05 bits per heavy atom. The Morgan fingerprint density at radius 3 is 2.86 bits per heavy atom. The first kappa shape index (κ1) is 14.9. The highest BCUT2D eigenvalue weighted by Crippen LogP contribution is 2.34. The molecule has 0 spiro atoms. The quantitative estimate of drug-likeness (QED) is 0.902. The van der Waals surface area contributed by atoms with Gasteiger partial charge in [0.25, 0.3) is 0 Å². The highest BCUT2D eigenvalue weighted by molar-refractivity contribution is 5.32. The van der Waals surface area contributed by atoms with Crippen LogP contribution in [0, 0.1) is 5.92 Å². The molecule has 116 valence electrons. The summed E-state index contributed by atoms with van der Waals surface area (Å²) in [6, 6.07) is 8.41. The minimum absolute atomic E-state index is 0.143. The lowest BCUT2D eigenvalue weighted by Gasteiger charge is -2.37. The van der Waals surface area contributed by atoms with Crippen LogP contribution in [0.15, 0.2) is 24.3 Å². The first-order valence-corrected chi connectivity index (χ1v) is 7.64. The minimum Gasteiger partial charge on any atom is -0.309 e. The van der Waals surface area contributed by atoms with E-state index in [1.807, 2.05) is 17.0 Å². The molecule has 1 fully saturated rings. The maximum atomic E-state index is 12.9. The predicted molar refractivity (Wildman–Crippen MR) is 76.1 cm³/mol. The molecule has 0 amide bonds. The van der Waals surface area contributed by atoms with Gasteiger partial charge in [0.1, 0.15) is 0 Å². The van der Waals surface area contributed by atoms with Gasteiger partial charge in [-0.1, -0.05) is 24.3 Å². The number of likely N-dealkylation sites (tertiary alicyclic amines) is 1. The van der Waals surface area contributed by atoms with Crippen molar-refractivity contribution in [3.05, 3.63) is 35.4 Å². The van der Waals surface area contributed by atoms with E-state index in [0.717, 1.165) is 19.5 Å². The van der Waals surface area contributed by atoms with Crippen molar-refractivity contribution >= 4 is 0 Å². The van der Waals surface area contributed by atoms with E-state index in [2.05, 4.69) is 17.4 Å². The van der Waals surface area contributed by atoms with E-state index in [-0.39, 0.29) is 19.0 Å². The summed E-state index contributed by atoms with van der Waals surface area (Å²) in [5.41, 5.74) is 2.57. The normalized spacial score (nSPS) is 27.4. The third kappa shape index (κ3) is 3.40. The smallest absolute Gasteiger partial charge is 0.309 e. The van der Waals surface area contributed by atoms with E-state index >= 15 is 0 Å². The molecule has 2 unspecified atom stereocenters. The van der Waals surface area contributed by atoms with Gasteiger partial charge in [0.15, 0.2) is 0 Å². The van der Waals surface area contributed by atoms with Crippen LogP contribution in [-0.4, -0.2) is 37.3 Å². The fourth-order valence-corrected chi connectivity index (χ4v) is 3.50. The molecule has 0 bridgehead atoms. The summed E-state index contributed by atoms with van der Waals surface area (Å²) in [5, 5.41) is 3.45. The maximum absolute atomic E-state index is 12.9. The number of nitrogens with zero attached hydrogens (tertiary/aromatic N) is 1. The van der Waals surface area contributed by atoms with Crippen LogP contribution in [0.1, 0.15) is 30.0 Å². The molecular formula is C16H21F3N2. The number of piperidine rings is 1. The highest BCUT2D eigenvalue weighted by atomic mass is 19.4. The van der Waals surface area contributed by atoms with Gasteiger partial charge in [-0.2, -0.15) is 13.2 Å². The molecule has 2 nitrogen and oxygen atoms in total. The van der Waals surface area contributed by atoms with Gasteiger partial charge in [-0.25, -0.2) is 0 Å². The van der Waals surface area contributed by atoms with Crippen LogP contribution in [0.25, 0.3) is 0 Å². The Morgan fingerprint density at radius 1 is 1.24 bits per heavy atom. The Kier molecular flexibility index (Phi) is 4.22. The molecule has 2 atom stereocenters. The number of hydrogen-bond acceptors (Lipinski definition) is 2. The zero-order valence-electron chi connectivity index (χ0n) is 12.0. The van der Waals surface area contributed by atoms with Gasteiger partial charge in [0.05, 0.1) is 5.92 Å². The van der Waals surface area contributed by atoms with Crippen LogP contribution >= 0.6 is 0 Å². The molecule has 2 aliphatic rings. The number of hydrogen-bond donors (Lipinski definition) is 1. The fourth-order valence-electron chi connectivity index (χ4n) is 3.50. The average Bonchev–Trinajstić information content (AvgIpc) is 2.47. The molecule has 2 heterocycles. The van der Waals surface area contributed by atoms with E-state index in [4.69, 9.17) is 0 Å². The minimum atomic E-state index is -4.06. The van der Waals surface area contributed by atoms with Gasteiger partial charge < -0.3 is 10.2 Å². The van der Waals surface area contributed by atoms with Crippen molar-refractivity contribution < 1.29 is 13.2 Å². The molecule has 5 heteroatoms.